The Morgan fingerprint density at radius 2 is 2.24 bits per heavy atom. The van der Waals surface area contributed by atoms with Crippen molar-refractivity contribution in [2.45, 2.75) is 25.6 Å². The minimum absolute atomic E-state index is 0.341. The molecule has 2 unspecified atom stereocenters. The standard InChI is InChI=1S/C10H18F3N3O/c1-7(9(17)15-6-10(11,12)13)16-3-2-8(4-14)5-16/h7-8H,2-6,14H2,1H3,(H,15,17). The maximum absolute atomic E-state index is 11.9. The molecule has 0 aromatic carbocycles. The molecule has 0 spiro atoms. The Labute approximate surface area is 98.3 Å². The minimum Gasteiger partial charge on any atom is -0.346 e. The summed E-state index contributed by atoms with van der Waals surface area (Å²) in [6, 6.07) is -0.533. The Balaban J connectivity index is 2.37. The van der Waals surface area contributed by atoms with Gasteiger partial charge in [0.25, 0.3) is 0 Å². The number of halogens is 3. The SMILES string of the molecule is CC(C(=O)NCC(F)(F)F)N1CCC(CN)C1. The molecule has 3 N–H and O–H groups in total. The van der Waals surface area contributed by atoms with Crippen molar-refractivity contribution in [3.63, 3.8) is 0 Å². The van der Waals surface area contributed by atoms with Crippen LogP contribution in [0.25, 0.3) is 0 Å². The van der Waals surface area contributed by atoms with Gasteiger partial charge >= 0.3 is 6.18 Å². The molecular formula is C10H18F3N3O. The van der Waals surface area contributed by atoms with E-state index in [0.29, 0.717) is 25.6 Å². The summed E-state index contributed by atoms with van der Waals surface area (Å²) in [6.07, 6.45) is -3.46. The smallest absolute Gasteiger partial charge is 0.346 e. The third-order valence-corrected chi connectivity index (χ3v) is 3.04. The molecule has 0 aromatic rings. The van der Waals surface area contributed by atoms with Crippen LogP contribution in [0.4, 0.5) is 13.2 Å². The van der Waals surface area contributed by atoms with E-state index >= 15 is 0 Å². The minimum atomic E-state index is -4.36. The van der Waals surface area contributed by atoms with E-state index in [9.17, 15) is 18.0 Å². The van der Waals surface area contributed by atoms with Crippen LogP contribution < -0.4 is 11.1 Å². The van der Waals surface area contributed by atoms with E-state index in [1.54, 1.807) is 6.92 Å². The third-order valence-electron chi connectivity index (χ3n) is 3.04. The predicted octanol–water partition coefficient (Wildman–Crippen LogP) is 0.334. The molecule has 2 atom stereocenters. The second kappa shape index (κ2) is 5.68. The Hall–Kier alpha value is -0.820. The number of hydrogen-bond donors (Lipinski definition) is 2. The zero-order chi connectivity index (χ0) is 13.1. The molecule has 17 heavy (non-hydrogen) atoms. The first-order valence-electron chi connectivity index (χ1n) is 5.62. The van der Waals surface area contributed by atoms with Gasteiger partial charge in [0.1, 0.15) is 6.54 Å². The molecule has 1 saturated heterocycles. The van der Waals surface area contributed by atoms with Crippen molar-refractivity contribution in [2.75, 3.05) is 26.2 Å². The van der Waals surface area contributed by atoms with E-state index in [0.717, 1.165) is 6.42 Å². The molecule has 0 saturated carbocycles. The molecule has 1 amide bonds. The van der Waals surface area contributed by atoms with Crippen LogP contribution in [0.1, 0.15) is 13.3 Å². The van der Waals surface area contributed by atoms with E-state index < -0.39 is 24.7 Å². The maximum Gasteiger partial charge on any atom is 0.405 e. The first kappa shape index (κ1) is 14.2. The number of alkyl halides is 3. The van der Waals surface area contributed by atoms with Crippen LogP contribution in [-0.2, 0) is 4.79 Å². The monoisotopic (exact) mass is 253 g/mol. The van der Waals surface area contributed by atoms with E-state index in [4.69, 9.17) is 5.73 Å². The topological polar surface area (TPSA) is 58.4 Å². The Bertz CT molecular complexity index is 270. The first-order chi connectivity index (χ1) is 7.83. The number of carbonyl (C=O) groups excluding carboxylic acids is 1. The van der Waals surface area contributed by atoms with Crippen LogP contribution in [0.5, 0.6) is 0 Å². The summed E-state index contributed by atoms with van der Waals surface area (Å²) in [5.41, 5.74) is 5.51. The van der Waals surface area contributed by atoms with Gasteiger partial charge in [-0.2, -0.15) is 13.2 Å². The van der Waals surface area contributed by atoms with Gasteiger partial charge in [0.15, 0.2) is 0 Å². The molecule has 100 valence electrons. The lowest BCUT2D eigenvalue weighted by molar-refractivity contribution is -0.141. The summed E-state index contributed by atoms with van der Waals surface area (Å²) in [6.45, 7) is 2.28. The summed E-state index contributed by atoms with van der Waals surface area (Å²) < 4.78 is 35.8. The third kappa shape index (κ3) is 4.51. The van der Waals surface area contributed by atoms with E-state index in [1.165, 1.54) is 0 Å². The lowest BCUT2D eigenvalue weighted by atomic mass is 10.1. The molecule has 0 aromatic heterocycles. The van der Waals surface area contributed by atoms with E-state index in [1.807, 2.05) is 10.2 Å². The number of amides is 1. The van der Waals surface area contributed by atoms with Crippen LogP contribution in [0, 0.1) is 5.92 Å². The summed E-state index contributed by atoms with van der Waals surface area (Å²) in [7, 11) is 0. The van der Waals surface area contributed by atoms with E-state index in [-0.39, 0.29) is 0 Å². The van der Waals surface area contributed by atoms with Gasteiger partial charge in [-0.25, -0.2) is 0 Å². The number of hydrogen-bond acceptors (Lipinski definition) is 3. The van der Waals surface area contributed by atoms with Gasteiger partial charge < -0.3 is 11.1 Å². The molecule has 0 aliphatic carbocycles. The second-order valence-corrected chi connectivity index (χ2v) is 4.39. The summed E-state index contributed by atoms with van der Waals surface area (Å²) in [5.74, 6) is -0.243. The molecule has 0 bridgehead atoms. The molecular weight excluding hydrogens is 235 g/mol. The van der Waals surface area contributed by atoms with Crippen molar-refractivity contribution in [2.24, 2.45) is 11.7 Å². The second-order valence-electron chi connectivity index (χ2n) is 4.39. The van der Waals surface area contributed by atoms with Gasteiger partial charge in [-0.15, -0.1) is 0 Å². The molecule has 7 heteroatoms. The average Bonchev–Trinajstić information content (AvgIpc) is 2.72. The fraction of sp³-hybridized carbons (Fsp3) is 0.900. The fourth-order valence-electron chi connectivity index (χ4n) is 1.91. The highest BCUT2D eigenvalue weighted by Crippen LogP contribution is 2.18. The number of carbonyl (C=O) groups is 1. The highest BCUT2D eigenvalue weighted by molar-refractivity contribution is 5.81. The predicted molar refractivity (Wildman–Crippen MR) is 57.3 cm³/mol. The lowest BCUT2D eigenvalue weighted by Gasteiger charge is -2.23. The van der Waals surface area contributed by atoms with Crippen molar-refractivity contribution in [3.05, 3.63) is 0 Å². The van der Waals surface area contributed by atoms with Gasteiger partial charge in [0.05, 0.1) is 6.04 Å². The Morgan fingerprint density at radius 3 is 2.71 bits per heavy atom. The van der Waals surface area contributed by atoms with Crippen molar-refractivity contribution >= 4 is 5.91 Å². The highest BCUT2D eigenvalue weighted by Gasteiger charge is 2.32. The molecule has 0 radical (unpaired) electrons. The summed E-state index contributed by atoms with van der Waals surface area (Å²) in [5, 5.41) is 1.90. The normalized spacial score (nSPS) is 23.7. The van der Waals surface area contributed by atoms with Crippen molar-refractivity contribution in [1.29, 1.82) is 0 Å². The molecule has 1 aliphatic rings. The number of likely N-dealkylation sites (tertiary alicyclic amines) is 1. The van der Waals surface area contributed by atoms with Gasteiger partial charge in [-0.3, -0.25) is 9.69 Å². The lowest BCUT2D eigenvalue weighted by Crippen LogP contribution is -2.46. The highest BCUT2D eigenvalue weighted by atomic mass is 19.4. The van der Waals surface area contributed by atoms with Gasteiger partial charge in [0, 0.05) is 6.54 Å². The molecule has 1 heterocycles. The quantitative estimate of drug-likeness (QED) is 0.759. The van der Waals surface area contributed by atoms with Crippen LogP contribution in [0.15, 0.2) is 0 Å². The number of rotatable bonds is 4. The maximum atomic E-state index is 11.9. The van der Waals surface area contributed by atoms with Gasteiger partial charge in [-0.1, -0.05) is 0 Å². The zero-order valence-electron chi connectivity index (χ0n) is 9.76. The van der Waals surface area contributed by atoms with Crippen LogP contribution >= 0.6 is 0 Å². The number of nitrogens with one attached hydrogen (secondary N) is 1. The average molecular weight is 253 g/mol. The number of nitrogens with zero attached hydrogens (tertiary/aromatic N) is 1. The molecule has 1 rings (SSSR count). The zero-order valence-corrected chi connectivity index (χ0v) is 9.76. The summed E-state index contributed by atoms with van der Waals surface area (Å²) in [4.78, 5) is 13.4. The Kier molecular flexibility index (Phi) is 4.76. The molecule has 1 fully saturated rings. The van der Waals surface area contributed by atoms with Crippen LogP contribution in [-0.4, -0.2) is 49.2 Å². The first-order valence-corrected chi connectivity index (χ1v) is 5.62. The van der Waals surface area contributed by atoms with E-state index in [2.05, 4.69) is 0 Å². The number of nitrogens with two attached hydrogens (primary N) is 1. The van der Waals surface area contributed by atoms with Crippen LogP contribution in [0.2, 0.25) is 0 Å². The van der Waals surface area contributed by atoms with Crippen molar-refractivity contribution < 1.29 is 18.0 Å². The largest absolute Gasteiger partial charge is 0.405 e. The molecule has 4 nitrogen and oxygen atoms in total. The Morgan fingerprint density at radius 1 is 1.59 bits per heavy atom. The summed E-state index contributed by atoms with van der Waals surface area (Å²) >= 11 is 0. The van der Waals surface area contributed by atoms with Crippen molar-refractivity contribution in [1.82, 2.24) is 10.2 Å². The van der Waals surface area contributed by atoms with Gasteiger partial charge in [-0.05, 0) is 32.4 Å². The fourth-order valence-corrected chi connectivity index (χ4v) is 1.91. The molecule has 1 aliphatic heterocycles. The van der Waals surface area contributed by atoms with Crippen molar-refractivity contribution in [3.8, 4) is 0 Å². The van der Waals surface area contributed by atoms with Crippen LogP contribution in [0.3, 0.4) is 0 Å². The van der Waals surface area contributed by atoms with Gasteiger partial charge in [0.2, 0.25) is 5.91 Å².